The number of hydrogen-bond acceptors (Lipinski definition) is 4. The molecule has 5 heteroatoms. The summed E-state index contributed by atoms with van der Waals surface area (Å²) in [6.07, 6.45) is 2.32. The van der Waals surface area contributed by atoms with Crippen molar-refractivity contribution in [1.82, 2.24) is 0 Å². The molecule has 1 spiro atoms. The second kappa shape index (κ2) is 7.45. The predicted octanol–water partition coefficient (Wildman–Crippen LogP) is 4.65. The fraction of sp³-hybridized carbons (Fsp3) is 0.222. The summed E-state index contributed by atoms with van der Waals surface area (Å²) in [5.41, 5.74) is 1.20. The van der Waals surface area contributed by atoms with Crippen molar-refractivity contribution in [2.45, 2.75) is 31.6 Å². The van der Waals surface area contributed by atoms with Crippen molar-refractivity contribution < 1.29 is 19.1 Å². The SMILES string of the molecule is CCOC(=O)C1=CC[C@@H](c2cccc3ccccc23)[C@]12C(=O)N(C(C)=O)c1ccccc12. The van der Waals surface area contributed by atoms with Gasteiger partial charge in [0.2, 0.25) is 11.8 Å². The maximum atomic E-state index is 14.1. The van der Waals surface area contributed by atoms with E-state index < -0.39 is 11.4 Å². The van der Waals surface area contributed by atoms with Crippen LogP contribution in [0, 0.1) is 0 Å². The number of carbonyl (C=O) groups excluding carboxylic acids is 3. The van der Waals surface area contributed by atoms with Gasteiger partial charge in [-0.25, -0.2) is 9.69 Å². The standard InChI is InChI=1S/C27H23NO4/c1-3-32-25(30)23-16-15-21(20-12-8-10-18-9-4-5-11-19(18)20)27(23)22-13-6-7-14-24(22)28(17(2)29)26(27)31/h4-14,16,21H,3,15H2,1-2H3/t21-,27+/m0/s1. The number of benzene rings is 3. The van der Waals surface area contributed by atoms with E-state index in [1.165, 1.54) is 11.8 Å². The Morgan fingerprint density at radius 3 is 2.53 bits per heavy atom. The van der Waals surface area contributed by atoms with Crippen molar-refractivity contribution in [2.24, 2.45) is 0 Å². The summed E-state index contributed by atoms with van der Waals surface area (Å²) in [5, 5.41) is 2.09. The normalized spacial score (nSPS) is 21.7. The van der Waals surface area contributed by atoms with Crippen LogP contribution in [-0.4, -0.2) is 24.4 Å². The minimum absolute atomic E-state index is 0.206. The van der Waals surface area contributed by atoms with Crippen molar-refractivity contribution in [1.29, 1.82) is 0 Å². The van der Waals surface area contributed by atoms with Gasteiger partial charge in [0.05, 0.1) is 17.9 Å². The molecule has 3 aromatic carbocycles. The van der Waals surface area contributed by atoms with Gasteiger partial charge in [-0.1, -0.05) is 66.7 Å². The molecule has 2 amide bonds. The summed E-state index contributed by atoms with van der Waals surface area (Å²) < 4.78 is 5.38. The number of para-hydroxylation sites is 1. The van der Waals surface area contributed by atoms with Crippen LogP contribution in [0.4, 0.5) is 5.69 Å². The molecule has 0 N–H and O–H groups in total. The molecule has 0 saturated heterocycles. The van der Waals surface area contributed by atoms with Gasteiger partial charge in [0.15, 0.2) is 0 Å². The molecule has 2 aliphatic rings. The zero-order valence-corrected chi connectivity index (χ0v) is 18.0. The highest BCUT2D eigenvalue weighted by molar-refractivity contribution is 6.26. The number of rotatable bonds is 3. The summed E-state index contributed by atoms with van der Waals surface area (Å²) in [6, 6.07) is 21.3. The molecule has 0 fully saturated rings. The van der Waals surface area contributed by atoms with E-state index >= 15 is 0 Å². The van der Waals surface area contributed by atoms with Crippen LogP contribution in [0.25, 0.3) is 10.8 Å². The zero-order valence-electron chi connectivity index (χ0n) is 18.0. The Balaban J connectivity index is 1.82. The van der Waals surface area contributed by atoms with E-state index in [0.717, 1.165) is 16.3 Å². The molecule has 1 aliphatic carbocycles. The van der Waals surface area contributed by atoms with Crippen LogP contribution >= 0.6 is 0 Å². The molecule has 1 heterocycles. The highest BCUT2D eigenvalue weighted by atomic mass is 16.5. The molecule has 0 unspecified atom stereocenters. The Morgan fingerprint density at radius 1 is 1.03 bits per heavy atom. The third-order valence-corrected chi connectivity index (χ3v) is 6.62. The second-order valence-electron chi connectivity index (χ2n) is 8.18. The van der Waals surface area contributed by atoms with Crippen LogP contribution in [0.1, 0.15) is 37.3 Å². The first kappa shape index (κ1) is 20.2. The lowest BCUT2D eigenvalue weighted by Gasteiger charge is -2.33. The highest BCUT2D eigenvalue weighted by Crippen LogP contribution is 2.59. The number of ether oxygens (including phenoxy) is 1. The molecule has 3 aromatic rings. The summed E-state index contributed by atoms with van der Waals surface area (Å²) in [5.74, 6) is -1.61. The lowest BCUT2D eigenvalue weighted by molar-refractivity contribution is -0.141. The molecule has 1 aliphatic heterocycles. The number of esters is 1. The Hall–Kier alpha value is -3.73. The number of amides is 2. The van der Waals surface area contributed by atoms with Crippen LogP contribution in [0.15, 0.2) is 78.4 Å². The topological polar surface area (TPSA) is 63.7 Å². The lowest BCUT2D eigenvalue weighted by Crippen LogP contribution is -2.47. The Kier molecular flexibility index (Phi) is 4.70. The van der Waals surface area contributed by atoms with E-state index in [1.54, 1.807) is 19.1 Å². The third-order valence-electron chi connectivity index (χ3n) is 6.62. The largest absolute Gasteiger partial charge is 0.463 e. The minimum Gasteiger partial charge on any atom is -0.463 e. The van der Waals surface area contributed by atoms with Gasteiger partial charge in [0.25, 0.3) is 0 Å². The molecular weight excluding hydrogens is 402 g/mol. The van der Waals surface area contributed by atoms with Crippen LogP contribution in [0.2, 0.25) is 0 Å². The van der Waals surface area contributed by atoms with Gasteiger partial charge in [-0.2, -0.15) is 0 Å². The van der Waals surface area contributed by atoms with Crippen LogP contribution in [-0.2, 0) is 24.5 Å². The molecule has 0 saturated carbocycles. The quantitative estimate of drug-likeness (QED) is 0.573. The number of imide groups is 1. The zero-order chi connectivity index (χ0) is 22.5. The number of carbonyl (C=O) groups is 3. The number of hydrogen-bond donors (Lipinski definition) is 0. The van der Waals surface area contributed by atoms with Gasteiger partial charge < -0.3 is 4.74 Å². The molecule has 0 radical (unpaired) electrons. The average Bonchev–Trinajstić information content (AvgIpc) is 3.31. The van der Waals surface area contributed by atoms with Crippen LogP contribution in [0.5, 0.6) is 0 Å². The van der Waals surface area contributed by atoms with Crippen molar-refractivity contribution in [3.63, 3.8) is 0 Å². The van der Waals surface area contributed by atoms with Gasteiger partial charge in [-0.05, 0) is 41.3 Å². The smallest absolute Gasteiger partial charge is 0.335 e. The lowest BCUT2D eigenvalue weighted by atomic mass is 9.66. The fourth-order valence-corrected chi connectivity index (χ4v) is 5.44. The first-order valence-electron chi connectivity index (χ1n) is 10.8. The molecule has 2 atom stereocenters. The highest BCUT2D eigenvalue weighted by Gasteiger charge is 2.63. The van der Waals surface area contributed by atoms with Gasteiger partial charge in [-0.3, -0.25) is 9.59 Å². The van der Waals surface area contributed by atoms with E-state index in [4.69, 9.17) is 4.74 Å². The van der Waals surface area contributed by atoms with Crippen LogP contribution < -0.4 is 4.90 Å². The predicted molar refractivity (Wildman–Crippen MR) is 122 cm³/mol. The maximum Gasteiger partial charge on any atom is 0.335 e. The Labute approximate surface area is 186 Å². The molecule has 160 valence electrons. The summed E-state index contributed by atoms with van der Waals surface area (Å²) in [7, 11) is 0. The van der Waals surface area contributed by atoms with E-state index in [-0.39, 0.29) is 24.3 Å². The Bertz CT molecular complexity index is 1300. The molecule has 0 bridgehead atoms. The monoisotopic (exact) mass is 425 g/mol. The number of fused-ring (bicyclic) bond motifs is 3. The number of anilines is 1. The average molecular weight is 425 g/mol. The number of allylic oxidation sites excluding steroid dienone is 1. The van der Waals surface area contributed by atoms with Crippen molar-refractivity contribution in [3.05, 3.63) is 89.5 Å². The van der Waals surface area contributed by atoms with Crippen LogP contribution in [0.3, 0.4) is 0 Å². The number of nitrogens with zero attached hydrogens (tertiary/aromatic N) is 1. The van der Waals surface area contributed by atoms with Crippen molar-refractivity contribution in [2.75, 3.05) is 11.5 Å². The summed E-state index contributed by atoms with van der Waals surface area (Å²) in [6.45, 7) is 3.33. The summed E-state index contributed by atoms with van der Waals surface area (Å²) >= 11 is 0. The third kappa shape index (κ3) is 2.60. The molecule has 0 aromatic heterocycles. The minimum atomic E-state index is -1.31. The maximum absolute atomic E-state index is 14.1. The fourth-order valence-electron chi connectivity index (χ4n) is 5.44. The van der Waals surface area contributed by atoms with E-state index in [2.05, 4.69) is 0 Å². The van der Waals surface area contributed by atoms with Crippen molar-refractivity contribution in [3.8, 4) is 0 Å². The van der Waals surface area contributed by atoms with Gasteiger partial charge in [0.1, 0.15) is 5.41 Å². The van der Waals surface area contributed by atoms with Gasteiger partial charge in [-0.15, -0.1) is 0 Å². The molecule has 5 nitrogen and oxygen atoms in total. The van der Waals surface area contributed by atoms with E-state index in [1.807, 2.05) is 60.7 Å². The molecule has 5 rings (SSSR count). The molecule has 32 heavy (non-hydrogen) atoms. The molecular formula is C27H23NO4. The van der Waals surface area contributed by atoms with Gasteiger partial charge in [0, 0.05) is 12.8 Å². The van der Waals surface area contributed by atoms with Gasteiger partial charge >= 0.3 is 5.97 Å². The summed E-state index contributed by atoms with van der Waals surface area (Å²) in [4.78, 5) is 41.1. The first-order chi connectivity index (χ1) is 15.5. The second-order valence-corrected chi connectivity index (χ2v) is 8.18. The van der Waals surface area contributed by atoms with E-state index in [0.29, 0.717) is 23.2 Å². The van der Waals surface area contributed by atoms with E-state index in [9.17, 15) is 14.4 Å². The van der Waals surface area contributed by atoms with Crippen molar-refractivity contribution >= 4 is 34.2 Å². The first-order valence-corrected chi connectivity index (χ1v) is 10.8. The Morgan fingerprint density at radius 2 is 1.75 bits per heavy atom.